The van der Waals surface area contributed by atoms with Gasteiger partial charge >= 0.3 is 6.03 Å². The molecule has 0 spiro atoms. The molecule has 2 heterocycles. The number of aromatic nitrogens is 2. The van der Waals surface area contributed by atoms with Crippen molar-refractivity contribution in [3.8, 4) is 0 Å². The maximum atomic E-state index is 12.9. The Morgan fingerprint density at radius 3 is 2.57 bits per heavy atom. The van der Waals surface area contributed by atoms with Crippen LogP contribution in [0.25, 0.3) is 11.0 Å². The molecule has 0 aliphatic carbocycles. The first-order valence-electron chi connectivity index (χ1n) is 9.79. The second-order valence-electron chi connectivity index (χ2n) is 7.66. The number of imide groups is 1. The van der Waals surface area contributed by atoms with Crippen molar-refractivity contribution in [3.63, 3.8) is 0 Å². The third kappa shape index (κ3) is 3.63. The van der Waals surface area contributed by atoms with Crippen LogP contribution in [0.4, 0.5) is 4.79 Å². The lowest BCUT2D eigenvalue weighted by Crippen LogP contribution is -2.49. The summed E-state index contributed by atoms with van der Waals surface area (Å²) in [4.78, 5) is 42.3. The molecule has 1 saturated heterocycles. The van der Waals surface area contributed by atoms with E-state index in [1.807, 2.05) is 61.5 Å². The number of para-hydroxylation sites is 2. The standard InChI is InChI=1S/C22H23N5O3/c1-15-23-17-10-6-7-11-18(17)26(15)14-19(28)25-27-20(29)22(2,24-21(27)30)13-12-16-8-4-3-5-9-16/h3-11H,12-14H2,1-2H3,(H,24,30)(H,25,28)/t22-/m1/s1. The first-order chi connectivity index (χ1) is 14.4. The maximum Gasteiger partial charge on any atom is 0.344 e. The molecule has 154 valence electrons. The summed E-state index contributed by atoms with van der Waals surface area (Å²) in [5, 5.41) is 3.49. The molecule has 0 saturated carbocycles. The molecule has 8 heteroatoms. The van der Waals surface area contributed by atoms with Gasteiger partial charge in [-0.25, -0.2) is 9.78 Å². The van der Waals surface area contributed by atoms with E-state index in [1.165, 1.54) is 0 Å². The van der Waals surface area contributed by atoms with Crippen LogP contribution < -0.4 is 10.7 Å². The molecular weight excluding hydrogens is 382 g/mol. The number of hydrogen-bond acceptors (Lipinski definition) is 4. The lowest BCUT2D eigenvalue weighted by atomic mass is 9.93. The van der Waals surface area contributed by atoms with Gasteiger partial charge < -0.3 is 9.88 Å². The molecule has 4 amide bonds. The number of carbonyl (C=O) groups is 3. The molecule has 1 aliphatic heterocycles. The molecule has 1 aliphatic rings. The summed E-state index contributed by atoms with van der Waals surface area (Å²) < 4.78 is 1.75. The lowest BCUT2D eigenvalue weighted by molar-refractivity contribution is -0.139. The monoisotopic (exact) mass is 405 g/mol. The number of hydrazine groups is 1. The molecule has 0 unspecified atom stereocenters. The third-order valence-corrected chi connectivity index (χ3v) is 5.40. The van der Waals surface area contributed by atoms with Crippen molar-refractivity contribution in [2.45, 2.75) is 38.8 Å². The SMILES string of the molecule is Cc1nc2ccccc2n1CC(=O)NN1C(=O)N[C@](C)(CCc2ccccc2)C1=O. The van der Waals surface area contributed by atoms with Crippen LogP contribution in [0.1, 0.15) is 24.7 Å². The normalized spacial score (nSPS) is 18.7. The Bertz CT molecular complexity index is 1120. The van der Waals surface area contributed by atoms with Gasteiger partial charge in [-0.05, 0) is 44.4 Å². The number of carbonyl (C=O) groups excluding carboxylic acids is 3. The fourth-order valence-electron chi connectivity index (χ4n) is 3.69. The lowest BCUT2D eigenvalue weighted by Gasteiger charge is -2.21. The topological polar surface area (TPSA) is 96.3 Å². The smallest absolute Gasteiger partial charge is 0.322 e. The highest BCUT2D eigenvalue weighted by Gasteiger charge is 2.48. The van der Waals surface area contributed by atoms with Crippen molar-refractivity contribution in [3.05, 3.63) is 66.0 Å². The molecule has 4 rings (SSSR count). The van der Waals surface area contributed by atoms with Gasteiger partial charge in [-0.3, -0.25) is 15.0 Å². The Hall–Kier alpha value is -3.68. The minimum absolute atomic E-state index is 0.0515. The van der Waals surface area contributed by atoms with Gasteiger partial charge in [0.2, 0.25) is 0 Å². The van der Waals surface area contributed by atoms with Crippen molar-refractivity contribution < 1.29 is 14.4 Å². The van der Waals surface area contributed by atoms with Gasteiger partial charge in [0, 0.05) is 0 Å². The van der Waals surface area contributed by atoms with E-state index in [-0.39, 0.29) is 6.54 Å². The fourth-order valence-corrected chi connectivity index (χ4v) is 3.69. The van der Waals surface area contributed by atoms with Crippen LogP contribution in [-0.4, -0.2) is 37.9 Å². The molecule has 2 aromatic carbocycles. The first kappa shape index (κ1) is 19.6. The van der Waals surface area contributed by atoms with E-state index in [0.717, 1.165) is 21.6 Å². The average Bonchev–Trinajstić information content (AvgIpc) is 3.16. The number of nitrogens with one attached hydrogen (secondary N) is 2. The molecule has 1 fully saturated rings. The Balaban J connectivity index is 1.44. The van der Waals surface area contributed by atoms with E-state index >= 15 is 0 Å². The van der Waals surface area contributed by atoms with Crippen LogP contribution in [0.5, 0.6) is 0 Å². The van der Waals surface area contributed by atoms with E-state index in [1.54, 1.807) is 11.5 Å². The number of imidazole rings is 1. The van der Waals surface area contributed by atoms with Crippen LogP contribution in [0.2, 0.25) is 0 Å². The predicted molar refractivity (Wildman–Crippen MR) is 111 cm³/mol. The minimum atomic E-state index is -1.07. The molecule has 30 heavy (non-hydrogen) atoms. The van der Waals surface area contributed by atoms with Crippen LogP contribution in [0, 0.1) is 6.92 Å². The summed E-state index contributed by atoms with van der Waals surface area (Å²) >= 11 is 0. The highest BCUT2D eigenvalue weighted by atomic mass is 16.2. The van der Waals surface area contributed by atoms with Crippen molar-refractivity contribution >= 4 is 28.9 Å². The predicted octanol–water partition coefficient (Wildman–Crippen LogP) is 2.32. The molecular formula is C22H23N5O3. The summed E-state index contributed by atoms with van der Waals surface area (Å²) in [7, 11) is 0. The largest absolute Gasteiger partial charge is 0.344 e. The van der Waals surface area contributed by atoms with Gasteiger partial charge in [0.1, 0.15) is 17.9 Å². The quantitative estimate of drug-likeness (QED) is 0.615. The highest BCUT2D eigenvalue weighted by molar-refractivity contribution is 6.07. The number of amides is 4. The van der Waals surface area contributed by atoms with Gasteiger partial charge in [-0.15, -0.1) is 0 Å². The number of rotatable bonds is 6. The fraction of sp³-hybridized carbons (Fsp3) is 0.273. The number of nitrogens with zero attached hydrogens (tertiary/aromatic N) is 3. The van der Waals surface area contributed by atoms with Gasteiger partial charge in [0.15, 0.2) is 0 Å². The van der Waals surface area contributed by atoms with Gasteiger partial charge in [-0.2, -0.15) is 5.01 Å². The number of benzene rings is 2. The average molecular weight is 405 g/mol. The summed E-state index contributed by atoms with van der Waals surface area (Å²) in [5.74, 6) is -0.266. The molecule has 0 radical (unpaired) electrons. The summed E-state index contributed by atoms with van der Waals surface area (Å²) in [6.07, 6.45) is 1.06. The number of hydrogen-bond donors (Lipinski definition) is 2. The van der Waals surface area contributed by atoms with Crippen molar-refractivity contribution in [1.29, 1.82) is 0 Å². The van der Waals surface area contributed by atoms with Gasteiger partial charge in [0.05, 0.1) is 11.0 Å². The Labute approximate surface area is 173 Å². The molecule has 3 aromatic rings. The zero-order valence-corrected chi connectivity index (χ0v) is 16.9. The van der Waals surface area contributed by atoms with E-state index < -0.39 is 23.4 Å². The Morgan fingerprint density at radius 2 is 1.80 bits per heavy atom. The minimum Gasteiger partial charge on any atom is -0.322 e. The third-order valence-electron chi connectivity index (χ3n) is 5.40. The highest BCUT2D eigenvalue weighted by Crippen LogP contribution is 2.22. The van der Waals surface area contributed by atoms with Crippen molar-refractivity contribution in [2.75, 3.05) is 0 Å². The van der Waals surface area contributed by atoms with Crippen LogP contribution in [0.15, 0.2) is 54.6 Å². The Morgan fingerprint density at radius 1 is 1.10 bits per heavy atom. The number of fused-ring (bicyclic) bond motifs is 1. The first-order valence-corrected chi connectivity index (χ1v) is 9.79. The second-order valence-corrected chi connectivity index (χ2v) is 7.66. The molecule has 2 N–H and O–H groups in total. The zero-order chi connectivity index (χ0) is 21.3. The Kier molecular flexibility index (Phi) is 4.99. The molecule has 1 aromatic heterocycles. The number of aryl methyl sites for hydroxylation is 2. The number of urea groups is 1. The second kappa shape index (κ2) is 7.62. The van der Waals surface area contributed by atoms with Crippen LogP contribution >= 0.6 is 0 Å². The molecule has 0 bridgehead atoms. The van der Waals surface area contributed by atoms with Crippen LogP contribution in [0.3, 0.4) is 0 Å². The van der Waals surface area contributed by atoms with E-state index in [4.69, 9.17) is 0 Å². The van der Waals surface area contributed by atoms with E-state index in [9.17, 15) is 14.4 Å². The summed E-state index contributed by atoms with van der Waals surface area (Å²) in [6.45, 7) is 3.43. The van der Waals surface area contributed by atoms with E-state index in [2.05, 4.69) is 15.7 Å². The van der Waals surface area contributed by atoms with Gasteiger partial charge in [0.25, 0.3) is 11.8 Å². The van der Waals surface area contributed by atoms with Crippen LogP contribution in [-0.2, 0) is 22.6 Å². The van der Waals surface area contributed by atoms with E-state index in [0.29, 0.717) is 18.7 Å². The summed E-state index contributed by atoms with van der Waals surface area (Å²) in [6, 6.07) is 16.6. The maximum absolute atomic E-state index is 12.9. The summed E-state index contributed by atoms with van der Waals surface area (Å²) in [5.41, 5.74) is 4.05. The molecule has 8 nitrogen and oxygen atoms in total. The molecule has 1 atom stereocenters. The van der Waals surface area contributed by atoms with Crippen molar-refractivity contribution in [1.82, 2.24) is 25.3 Å². The van der Waals surface area contributed by atoms with Crippen molar-refractivity contribution in [2.24, 2.45) is 0 Å². The zero-order valence-electron chi connectivity index (χ0n) is 16.9. The van der Waals surface area contributed by atoms with Gasteiger partial charge in [-0.1, -0.05) is 42.5 Å².